The summed E-state index contributed by atoms with van der Waals surface area (Å²) in [6.07, 6.45) is 2.11. The van der Waals surface area contributed by atoms with Gasteiger partial charge in [0.15, 0.2) is 0 Å². The molecule has 0 radical (unpaired) electrons. The molecule has 1 aromatic carbocycles. The number of ether oxygens (including phenoxy) is 2. The van der Waals surface area contributed by atoms with Crippen LogP contribution in [0, 0.1) is 5.92 Å². The highest BCUT2D eigenvalue weighted by molar-refractivity contribution is 5.39. The van der Waals surface area contributed by atoms with Gasteiger partial charge in [-0.05, 0) is 24.8 Å². The summed E-state index contributed by atoms with van der Waals surface area (Å²) < 4.78 is 11.1. The van der Waals surface area contributed by atoms with Crippen molar-refractivity contribution in [3.05, 3.63) is 29.8 Å². The molecule has 0 bridgehead atoms. The zero-order chi connectivity index (χ0) is 13.1. The van der Waals surface area contributed by atoms with Crippen molar-refractivity contribution in [2.45, 2.75) is 25.0 Å². The molecule has 1 heterocycles. The topological polar surface area (TPSA) is 50.7 Å². The van der Waals surface area contributed by atoms with Crippen molar-refractivity contribution >= 4 is 0 Å². The number of fused-ring (bicyclic) bond motifs is 1. The zero-order valence-electron chi connectivity index (χ0n) is 11.0. The second-order valence-corrected chi connectivity index (χ2v) is 5.44. The Labute approximate surface area is 113 Å². The molecule has 19 heavy (non-hydrogen) atoms. The van der Waals surface area contributed by atoms with Crippen molar-refractivity contribution in [1.82, 2.24) is 5.32 Å². The molecule has 1 aliphatic heterocycles. The lowest BCUT2D eigenvalue weighted by Gasteiger charge is -2.16. The Hall–Kier alpha value is -1.10. The van der Waals surface area contributed by atoms with Gasteiger partial charge in [0.05, 0.1) is 18.8 Å². The first-order chi connectivity index (χ1) is 9.33. The fraction of sp³-hybridized carbons (Fsp3) is 0.600. The average Bonchev–Trinajstić information content (AvgIpc) is 3.16. The van der Waals surface area contributed by atoms with E-state index in [-0.39, 0.29) is 6.04 Å². The van der Waals surface area contributed by atoms with E-state index in [1.807, 2.05) is 18.2 Å². The van der Waals surface area contributed by atoms with Crippen LogP contribution in [0.1, 0.15) is 24.4 Å². The van der Waals surface area contributed by atoms with Crippen LogP contribution >= 0.6 is 0 Å². The molecule has 0 amide bonds. The van der Waals surface area contributed by atoms with Gasteiger partial charge in [-0.3, -0.25) is 0 Å². The van der Waals surface area contributed by atoms with Crippen LogP contribution in [0.3, 0.4) is 0 Å². The first-order valence-corrected chi connectivity index (χ1v) is 7.04. The van der Waals surface area contributed by atoms with Crippen LogP contribution in [0.5, 0.6) is 5.75 Å². The average molecular weight is 263 g/mol. The predicted molar refractivity (Wildman–Crippen MR) is 72.2 cm³/mol. The first-order valence-electron chi connectivity index (χ1n) is 7.04. The Bertz CT molecular complexity index is 420. The fourth-order valence-electron chi connectivity index (χ4n) is 2.32. The number of aliphatic hydroxyl groups is 1. The zero-order valence-corrected chi connectivity index (χ0v) is 11.0. The van der Waals surface area contributed by atoms with Gasteiger partial charge < -0.3 is 19.9 Å². The van der Waals surface area contributed by atoms with Crippen molar-refractivity contribution in [3.63, 3.8) is 0 Å². The van der Waals surface area contributed by atoms with Crippen LogP contribution in [0.2, 0.25) is 0 Å². The van der Waals surface area contributed by atoms with Gasteiger partial charge in [0, 0.05) is 18.7 Å². The van der Waals surface area contributed by atoms with E-state index in [2.05, 4.69) is 11.4 Å². The third-order valence-electron chi connectivity index (χ3n) is 3.66. The third-order valence-corrected chi connectivity index (χ3v) is 3.66. The normalized spacial score (nSPS) is 22.9. The summed E-state index contributed by atoms with van der Waals surface area (Å²) in [5.41, 5.74) is 1.17. The highest BCUT2D eigenvalue weighted by atomic mass is 16.5. The Morgan fingerprint density at radius 1 is 1.37 bits per heavy atom. The number of aliphatic hydroxyl groups excluding tert-OH is 1. The molecule has 2 N–H and O–H groups in total. The van der Waals surface area contributed by atoms with E-state index in [0.29, 0.717) is 19.8 Å². The number of benzene rings is 1. The fourth-order valence-corrected chi connectivity index (χ4v) is 2.32. The van der Waals surface area contributed by atoms with Crippen molar-refractivity contribution in [3.8, 4) is 5.75 Å². The van der Waals surface area contributed by atoms with E-state index in [9.17, 15) is 5.11 Å². The van der Waals surface area contributed by atoms with E-state index < -0.39 is 6.10 Å². The molecule has 0 spiro atoms. The minimum atomic E-state index is -0.452. The SMILES string of the molecule is OC(CNC1COc2ccccc21)COCC1CC1. The maximum absolute atomic E-state index is 9.86. The molecule has 1 aromatic rings. The maximum atomic E-state index is 9.86. The second-order valence-electron chi connectivity index (χ2n) is 5.44. The summed E-state index contributed by atoms with van der Waals surface area (Å²) in [5, 5.41) is 13.2. The van der Waals surface area contributed by atoms with Crippen LogP contribution in [-0.2, 0) is 4.74 Å². The Kier molecular flexibility index (Phi) is 4.01. The second kappa shape index (κ2) is 5.90. The molecule has 0 saturated heterocycles. The van der Waals surface area contributed by atoms with Crippen molar-refractivity contribution in [2.24, 2.45) is 5.92 Å². The first kappa shape index (κ1) is 12.9. The van der Waals surface area contributed by atoms with Crippen LogP contribution in [0.4, 0.5) is 0 Å². The van der Waals surface area contributed by atoms with Gasteiger partial charge in [0.1, 0.15) is 12.4 Å². The molecule has 2 unspecified atom stereocenters. The van der Waals surface area contributed by atoms with Crippen LogP contribution in [0.25, 0.3) is 0 Å². The van der Waals surface area contributed by atoms with E-state index in [1.165, 1.54) is 18.4 Å². The van der Waals surface area contributed by atoms with Gasteiger partial charge in [-0.15, -0.1) is 0 Å². The Morgan fingerprint density at radius 3 is 3.05 bits per heavy atom. The summed E-state index contributed by atoms with van der Waals surface area (Å²) in [7, 11) is 0. The molecule has 0 aromatic heterocycles. The minimum Gasteiger partial charge on any atom is -0.491 e. The highest BCUT2D eigenvalue weighted by Crippen LogP contribution is 2.31. The highest BCUT2D eigenvalue weighted by Gasteiger charge is 2.24. The molecule has 1 saturated carbocycles. The molecule has 104 valence electrons. The predicted octanol–water partition coefficient (Wildman–Crippen LogP) is 1.50. The van der Waals surface area contributed by atoms with Crippen molar-refractivity contribution in [1.29, 1.82) is 0 Å². The lowest BCUT2D eigenvalue weighted by molar-refractivity contribution is 0.0309. The van der Waals surface area contributed by atoms with Gasteiger partial charge in [0.25, 0.3) is 0 Å². The lowest BCUT2D eigenvalue weighted by atomic mass is 10.1. The summed E-state index contributed by atoms with van der Waals surface area (Å²) >= 11 is 0. The van der Waals surface area contributed by atoms with Gasteiger partial charge in [-0.2, -0.15) is 0 Å². The molecule has 1 aliphatic carbocycles. The van der Waals surface area contributed by atoms with Crippen LogP contribution in [-0.4, -0.2) is 37.6 Å². The molecular weight excluding hydrogens is 242 g/mol. The molecule has 4 heteroatoms. The van der Waals surface area contributed by atoms with Gasteiger partial charge in [-0.25, -0.2) is 0 Å². The van der Waals surface area contributed by atoms with Crippen LogP contribution in [0.15, 0.2) is 24.3 Å². The minimum absolute atomic E-state index is 0.175. The number of rotatable bonds is 7. The van der Waals surface area contributed by atoms with Crippen molar-refractivity contribution < 1.29 is 14.6 Å². The van der Waals surface area contributed by atoms with Crippen LogP contribution < -0.4 is 10.1 Å². The van der Waals surface area contributed by atoms with E-state index in [0.717, 1.165) is 18.3 Å². The quantitative estimate of drug-likeness (QED) is 0.782. The Balaban J connectivity index is 1.39. The molecular formula is C15H21NO3. The van der Waals surface area contributed by atoms with Gasteiger partial charge in [-0.1, -0.05) is 18.2 Å². The van der Waals surface area contributed by atoms with E-state index in [4.69, 9.17) is 9.47 Å². The van der Waals surface area contributed by atoms with Gasteiger partial charge >= 0.3 is 0 Å². The smallest absolute Gasteiger partial charge is 0.124 e. The number of hydrogen-bond acceptors (Lipinski definition) is 4. The summed E-state index contributed by atoms with van der Waals surface area (Å²) in [6, 6.07) is 8.20. The molecule has 1 fully saturated rings. The summed E-state index contributed by atoms with van der Waals surface area (Å²) in [4.78, 5) is 0. The van der Waals surface area contributed by atoms with Gasteiger partial charge in [0.2, 0.25) is 0 Å². The number of hydrogen-bond donors (Lipinski definition) is 2. The summed E-state index contributed by atoms with van der Waals surface area (Å²) in [6.45, 7) is 2.38. The summed E-state index contributed by atoms with van der Waals surface area (Å²) in [5.74, 6) is 1.69. The molecule has 3 rings (SSSR count). The van der Waals surface area contributed by atoms with Crippen molar-refractivity contribution in [2.75, 3.05) is 26.4 Å². The lowest BCUT2D eigenvalue weighted by Crippen LogP contribution is -2.33. The Morgan fingerprint density at radius 2 is 2.21 bits per heavy atom. The molecule has 4 nitrogen and oxygen atoms in total. The molecule has 2 aliphatic rings. The van der Waals surface area contributed by atoms with E-state index >= 15 is 0 Å². The third kappa shape index (κ3) is 3.47. The van der Waals surface area contributed by atoms with E-state index in [1.54, 1.807) is 0 Å². The monoisotopic (exact) mass is 263 g/mol. The molecule has 2 atom stereocenters. The number of para-hydroxylation sites is 1. The standard InChI is InChI=1S/C15H21NO3/c17-12(9-18-8-11-5-6-11)7-16-14-10-19-15-4-2-1-3-13(14)15/h1-4,11-12,14,16-17H,5-10H2. The maximum Gasteiger partial charge on any atom is 0.124 e. The largest absolute Gasteiger partial charge is 0.491 e. The number of nitrogens with one attached hydrogen (secondary N) is 1.